The van der Waals surface area contributed by atoms with Crippen molar-refractivity contribution >= 4 is 21.2 Å². The highest BCUT2D eigenvalue weighted by molar-refractivity contribution is 7.90. The van der Waals surface area contributed by atoms with Gasteiger partial charge in [0.05, 0.1) is 16.3 Å². The maximum Gasteiger partial charge on any atom is 0.175 e. The van der Waals surface area contributed by atoms with Gasteiger partial charge in [-0.15, -0.1) is 0 Å². The van der Waals surface area contributed by atoms with Crippen LogP contribution in [0.5, 0.6) is 0 Å². The summed E-state index contributed by atoms with van der Waals surface area (Å²) in [6.45, 7) is 2.14. The van der Waals surface area contributed by atoms with Crippen LogP contribution in [-0.4, -0.2) is 45.8 Å². The number of nitrogens with two attached hydrogens (primary N) is 1. The molecular weight excluding hydrogens is 262 g/mol. The Morgan fingerprint density at radius 1 is 1.32 bits per heavy atom. The fourth-order valence-electron chi connectivity index (χ4n) is 2.28. The molecule has 0 amide bonds. The minimum atomic E-state index is -3.20. The summed E-state index contributed by atoms with van der Waals surface area (Å²) in [7, 11) is -1.08. The zero-order chi connectivity index (χ0) is 14.0. The predicted octanol–water partition coefficient (Wildman–Crippen LogP) is 1.18. The summed E-state index contributed by atoms with van der Waals surface area (Å²) in [6, 6.07) is 5.28. The van der Waals surface area contributed by atoms with Crippen molar-refractivity contribution in [1.82, 2.24) is 4.90 Å². The summed E-state index contributed by atoms with van der Waals surface area (Å²) in [5.41, 5.74) is 7.23. The van der Waals surface area contributed by atoms with Crippen LogP contribution < -0.4 is 11.1 Å². The van der Waals surface area contributed by atoms with Gasteiger partial charge >= 0.3 is 0 Å². The molecule has 0 spiro atoms. The van der Waals surface area contributed by atoms with E-state index in [1.54, 1.807) is 12.1 Å². The van der Waals surface area contributed by atoms with Crippen molar-refractivity contribution in [1.29, 1.82) is 0 Å². The summed E-state index contributed by atoms with van der Waals surface area (Å²) in [6.07, 6.45) is 3.33. The molecule has 0 radical (unpaired) electrons. The zero-order valence-electron chi connectivity index (χ0n) is 11.4. The number of sulfone groups is 1. The molecule has 6 heteroatoms. The van der Waals surface area contributed by atoms with E-state index in [0.717, 1.165) is 31.6 Å². The maximum atomic E-state index is 11.4. The van der Waals surface area contributed by atoms with Crippen LogP contribution in [0.4, 0.5) is 11.4 Å². The van der Waals surface area contributed by atoms with Crippen LogP contribution in [-0.2, 0) is 9.84 Å². The van der Waals surface area contributed by atoms with Crippen LogP contribution in [0, 0.1) is 0 Å². The second kappa shape index (κ2) is 5.38. The van der Waals surface area contributed by atoms with Gasteiger partial charge < -0.3 is 16.0 Å². The van der Waals surface area contributed by atoms with Crippen LogP contribution in [0.15, 0.2) is 23.1 Å². The largest absolute Gasteiger partial charge is 0.397 e. The molecule has 0 saturated carbocycles. The van der Waals surface area contributed by atoms with Crippen molar-refractivity contribution in [3.63, 3.8) is 0 Å². The fraction of sp³-hybridized carbons (Fsp3) is 0.538. The van der Waals surface area contributed by atoms with Crippen LogP contribution >= 0.6 is 0 Å². The molecule has 2 rings (SSSR count). The molecular formula is C13H21N3O2S. The molecule has 1 fully saturated rings. The number of nitrogens with one attached hydrogen (secondary N) is 1. The van der Waals surface area contributed by atoms with Crippen LogP contribution in [0.2, 0.25) is 0 Å². The molecule has 1 aliphatic rings. The SMILES string of the molecule is CN1CCC(Nc2ccc(S(C)(=O)=O)cc2N)CC1. The predicted molar refractivity (Wildman–Crippen MR) is 78.1 cm³/mol. The molecule has 0 bridgehead atoms. The highest BCUT2D eigenvalue weighted by Gasteiger charge is 2.17. The highest BCUT2D eigenvalue weighted by Crippen LogP contribution is 2.25. The average Bonchev–Trinajstić information content (AvgIpc) is 2.33. The Balaban J connectivity index is 2.09. The number of nitrogens with zero attached hydrogens (tertiary/aromatic N) is 1. The molecule has 1 aromatic rings. The third kappa shape index (κ3) is 3.61. The number of nitrogen functional groups attached to an aromatic ring is 1. The highest BCUT2D eigenvalue weighted by atomic mass is 32.2. The van der Waals surface area contributed by atoms with Gasteiger partial charge in [-0.25, -0.2) is 8.42 Å². The van der Waals surface area contributed by atoms with Crippen LogP contribution in [0.25, 0.3) is 0 Å². The number of likely N-dealkylation sites (tertiary alicyclic amines) is 1. The van der Waals surface area contributed by atoms with Crippen LogP contribution in [0.3, 0.4) is 0 Å². The number of hydrogen-bond donors (Lipinski definition) is 2. The van der Waals surface area contributed by atoms with Gasteiger partial charge in [-0.3, -0.25) is 0 Å². The molecule has 0 unspecified atom stereocenters. The van der Waals surface area contributed by atoms with E-state index in [1.165, 1.54) is 12.3 Å². The molecule has 1 aromatic carbocycles. The quantitative estimate of drug-likeness (QED) is 0.815. The third-order valence-electron chi connectivity index (χ3n) is 3.53. The maximum absolute atomic E-state index is 11.4. The van der Waals surface area contributed by atoms with E-state index in [4.69, 9.17) is 5.73 Å². The van der Waals surface area contributed by atoms with Gasteiger partial charge in [0, 0.05) is 12.3 Å². The van der Waals surface area contributed by atoms with Gasteiger partial charge in [0.15, 0.2) is 9.84 Å². The molecule has 0 atom stereocenters. The smallest absolute Gasteiger partial charge is 0.175 e. The lowest BCUT2D eigenvalue weighted by molar-refractivity contribution is 0.264. The number of anilines is 2. The van der Waals surface area contributed by atoms with Crippen molar-refractivity contribution in [3.05, 3.63) is 18.2 Å². The first kappa shape index (κ1) is 14.1. The lowest BCUT2D eigenvalue weighted by Gasteiger charge is -2.30. The van der Waals surface area contributed by atoms with Gasteiger partial charge in [-0.1, -0.05) is 0 Å². The van der Waals surface area contributed by atoms with Crippen LogP contribution in [0.1, 0.15) is 12.8 Å². The molecule has 106 valence electrons. The number of hydrogen-bond acceptors (Lipinski definition) is 5. The monoisotopic (exact) mass is 283 g/mol. The van der Waals surface area contributed by atoms with E-state index in [-0.39, 0.29) is 4.90 Å². The zero-order valence-corrected chi connectivity index (χ0v) is 12.2. The molecule has 1 aliphatic heterocycles. The van der Waals surface area contributed by atoms with Crippen molar-refractivity contribution < 1.29 is 8.42 Å². The van der Waals surface area contributed by atoms with E-state index in [0.29, 0.717) is 11.7 Å². The summed E-state index contributed by atoms with van der Waals surface area (Å²) in [5, 5.41) is 3.40. The van der Waals surface area contributed by atoms with E-state index in [2.05, 4.69) is 17.3 Å². The molecule has 5 nitrogen and oxygen atoms in total. The Kier molecular flexibility index (Phi) is 4.01. The minimum absolute atomic E-state index is 0.263. The summed E-state index contributed by atoms with van der Waals surface area (Å²) in [4.78, 5) is 2.56. The first-order valence-corrected chi connectivity index (χ1v) is 8.30. The Morgan fingerprint density at radius 2 is 1.95 bits per heavy atom. The molecule has 1 saturated heterocycles. The first-order valence-electron chi connectivity index (χ1n) is 6.41. The Bertz CT molecular complexity index is 549. The fourth-order valence-corrected chi connectivity index (χ4v) is 2.93. The van der Waals surface area contributed by atoms with E-state index in [9.17, 15) is 8.42 Å². The third-order valence-corrected chi connectivity index (χ3v) is 4.64. The Morgan fingerprint density at radius 3 is 2.47 bits per heavy atom. The van der Waals surface area contributed by atoms with Gasteiger partial charge in [-0.2, -0.15) is 0 Å². The van der Waals surface area contributed by atoms with Gasteiger partial charge in [0.2, 0.25) is 0 Å². The van der Waals surface area contributed by atoms with Crippen molar-refractivity contribution in [2.75, 3.05) is 37.4 Å². The Labute approximate surface area is 114 Å². The van der Waals surface area contributed by atoms with Crippen molar-refractivity contribution in [2.45, 2.75) is 23.8 Å². The first-order chi connectivity index (χ1) is 8.86. The summed E-state index contributed by atoms with van der Waals surface area (Å²) >= 11 is 0. The lowest BCUT2D eigenvalue weighted by atomic mass is 10.1. The van der Waals surface area contributed by atoms with Crippen molar-refractivity contribution in [3.8, 4) is 0 Å². The second-order valence-electron chi connectivity index (χ2n) is 5.24. The molecule has 1 heterocycles. The number of rotatable bonds is 3. The van der Waals surface area contributed by atoms with E-state index < -0.39 is 9.84 Å². The van der Waals surface area contributed by atoms with E-state index in [1.807, 2.05) is 0 Å². The van der Waals surface area contributed by atoms with Gasteiger partial charge in [-0.05, 0) is 51.2 Å². The standard InChI is InChI=1S/C13H21N3O2S/c1-16-7-5-10(6-8-16)15-13-4-3-11(9-12(13)14)19(2,17)18/h3-4,9-10,15H,5-8,14H2,1-2H3. The summed E-state index contributed by atoms with van der Waals surface area (Å²) in [5.74, 6) is 0. The van der Waals surface area contributed by atoms with Crippen molar-refractivity contribution in [2.24, 2.45) is 0 Å². The minimum Gasteiger partial charge on any atom is -0.397 e. The molecule has 19 heavy (non-hydrogen) atoms. The van der Waals surface area contributed by atoms with E-state index >= 15 is 0 Å². The normalized spacial score (nSPS) is 18.4. The Hall–Kier alpha value is -1.27. The topological polar surface area (TPSA) is 75.4 Å². The number of benzene rings is 1. The number of piperidine rings is 1. The average molecular weight is 283 g/mol. The lowest BCUT2D eigenvalue weighted by Crippen LogP contribution is -2.36. The van der Waals surface area contributed by atoms with Gasteiger partial charge in [0.25, 0.3) is 0 Å². The second-order valence-corrected chi connectivity index (χ2v) is 7.26. The molecule has 0 aromatic heterocycles. The summed E-state index contributed by atoms with van der Waals surface area (Å²) < 4.78 is 22.9. The molecule has 0 aliphatic carbocycles. The molecule has 3 N–H and O–H groups in total. The van der Waals surface area contributed by atoms with Gasteiger partial charge in [0.1, 0.15) is 0 Å².